The van der Waals surface area contributed by atoms with Crippen molar-refractivity contribution in [2.24, 2.45) is 0 Å². The molecule has 0 aromatic heterocycles. The van der Waals surface area contributed by atoms with Crippen LogP contribution in [0.2, 0.25) is 5.02 Å². The summed E-state index contributed by atoms with van der Waals surface area (Å²) in [4.78, 5) is 14.2. The first-order chi connectivity index (χ1) is 9.85. The predicted molar refractivity (Wildman–Crippen MR) is 86.4 cm³/mol. The van der Waals surface area contributed by atoms with E-state index in [1.807, 2.05) is 32.9 Å². The quantitative estimate of drug-likeness (QED) is 0.881. The first-order valence-corrected chi connectivity index (χ1v) is 7.48. The monoisotopic (exact) mass is 311 g/mol. The first kappa shape index (κ1) is 15.9. The zero-order valence-corrected chi connectivity index (χ0v) is 13.5. The van der Waals surface area contributed by atoms with Crippen LogP contribution in [0.15, 0.2) is 18.2 Å². The number of benzene rings is 1. The molecule has 1 fully saturated rings. The van der Waals surface area contributed by atoms with E-state index in [9.17, 15) is 4.79 Å². The van der Waals surface area contributed by atoms with Gasteiger partial charge in [-0.2, -0.15) is 0 Å². The number of piperazine rings is 1. The highest BCUT2D eigenvalue weighted by atomic mass is 35.5. The molecule has 1 aromatic rings. The van der Waals surface area contributed by atoms with Crippen LogP contribution in [0, 0.1) is 0 Å². The molecule has 1 amide bonds. The summed E-state index contributed by atoms with van der Waals surface area (Å²) in [5.41, 5.74) is 1.12. The van der Waals surface area contributed by atoms with Crippen LogP contribution in [0.5, 0.6) is 0 Å². The number of carbonyl (C=O) groups excluding carboxylic acids is 1. The van der Waals surface area contributed by atoms with Crippen molar-refractivity contribution in [2.45, 2.75) is 26.4 Å². The van der Waals surface area contributed by atoms with Crippen LogP contribution in [0.25, 0.3) is 0 Å². The Morgan fingerprint density at radius 1 is 1.33 bits per heavy atom. The van der Waals surface area contributed by atoms with Gasteiger partial charge < -0.3 is 15.0 Å². The summed E-state index contributed by atoms with van der Waals surface area (Å²) >= 11 is 6.09. The second-order valence-electron chi connectivity index (χ2n) is 6.03. The number of nitrogens with one attached hydrogen (secondary N) is 2. The number of hydrogen-bond acceptors (Lipinski definition) is 4. The Balaban J connectivity index is 2.16. The molecule has 1 heterocycles. The van der Waals surface area contributed by atoms with Crippen LogP contribution in [0.3, 0.4) is 0 Å². The van der Waals surface area contributed by atoms with Crippen molar-refractivity contribution in [3.05, 3.63) is 23.2 Å². The Morgan fingerprint density at radius 2 is 2.00 bits per heavy atom. The van der Waals surface area contributed by atoms with E-state index in [0.717, 1.165) is 37.6 Å². The minimum absolute atomic E-state index is 0.457. The lowest BCUT2D eigenvalue weighted by atomic mass is 10.2. The lowest BCUT2D eigenvalue weighted by molar-refractivity contribution is 0.0636. The Labute approximate surface area is 130 Å². The number of amides is 1. The fourth-order valence-corrected chi connectivity index (χ4v) is 2.36. The molecule has 0 spiro atoms. The number of halogens is 1. The molecule has 2 N–H and O–H groups in total. The van der Waals surface area contributed by atoms with E-state index in [1.54, 1.807) is 6.07 Å². The van der Waals surface area contributed by atoms with Crippen molar-refractivity contribution >= 4 is 29.1 Å². The number of carbonyl (C=O) groups is 1. The van der Waals surface area contributed by atoms with Crippen LogP contribution in [0.1, 0.15) is 20.8 Å². The summed E-state index contributed by atoms with van der Waals surface area (Å²) in [6, 6.07) is 5.45. The minimum Gasteiger partial charge on any atom is -0.444 e. The van der Waals surface area contributed by atoms with Gasteiger partial charge in [-0.3, -0.25) is 5.32 Å². The maximum Gasteiger partial charge on any atom is 0.412 e. The zero-order valence-electron chi connectivity index (χ0n) is 12.7. The van der Waals surface area contributed by atoms with E-state index in [2.05, 4.69) is 15.5 Å². The van der Waals surface area contributed by atoms with Crippen LogP contribution in [-0.2, 0) is 4.74 Å². The van der Waals surface area contributed by atoms with Crippen molar-refractivity contribution < 1.29 is 9.53 Å². The van der Waals surface area contributed by atoms with E-state index >= 15 is 0 Å². The molecule has 1 aliphatic rings. The minimum atomic E-state index is -0.522. The Morgan fingerprint density at radius 3 is 2.62 bits per heavy atom. The van der Waals surface area contributed by atoms with Crippen molar-refractivity contribution in [2.75, 3.05) is 36.4 Å². The first-order valence-electron chi connectivity index (χ1n) is 7.10. The Hall–Kier alpha value is -1.46. The normalized spacial score (nSPS) is 15.7. The summed E-state index contributed by atoms with van der Waals surface area (Å²) in [5.74, 6) is 0. The van der Waals surface area contributed by atoms with Gasteiger partial charge in [0.1, 0.15) is 5.60 Å². The average Bonchev–Trinajstić information content (AvgIpc) is 2.40. The molecule has 0 atom stereocenters. The fourth-order valence-electron chi connectivity index (χ4n) is 2.19. The fraction of sp³-hybridized carbons (Fsp3) is 0.533. The molecular formula is C15H22ClN3O2. The zero-order chi connectivity index (χ0) is 15.5. The highest BCUT2D eigenvalue weighted by molar-refractivity contribution is 6.31. The largest absolute Gasteiger partial charge is 0.444 e. The molecule has 5 nitrogen and oxygen atoms in total. The standard InChI is InChI=1S/C15H22ClN3O2/c1-15(2,3)21-14(20)18-12-5-4-11(16)10-13(12)19-8-6-17-7-9-19/h4-5,10,17H,6-9H2,1-3H3,(H,18,20). The third kappa shape index (κ3) is 4.79. The van der Waals surface area contributed by atoms with Crippen LogP contribution in [0.4, 0.5) is 16.2 Å². The van der Waals surface area contributed by atoms with Crippen molar-refractivity contribution in [1.29, 1.82) is 0 Å². The maximum atomic E-state index is 12.0. The number of rotatable bonds is 2. The van der Waals surface area contributed by atoms with E-state index in [4.69, 9.17) is 16.3 Å². The molecule has 1 aromatic carbocycles. The van der Waals surface area contributed by atoms with Gasteiger partial charge in [-0.1, -0.05) is 11.6 Å². The SMILES string of the molecule is CC(C)(C)OC(=O)Nc1ccc(Cl)cc1N1CCNCC1. The lowest BCUT2D eigenvalue weighted by Gasteiger charge is -2.31. The molecule has 0 aliphatic carbocycles. The predicted octanol–water partition coefficient (Wildman–Crippen LogP) is 3.10. The van der Waals surface area contributed by atoms with Crippen molar-refractivity contribution in [3.63, 3.8) is 0 Å². The molecule has 0 radical (unpaired) electrons. The van der Waals surface area contributed by atoms with E-state index in [-0.39, 0.29) is 0 Å². The molecule has 1 saturated heterocycles. The summed E-state index contributed by atoms with van der Waals surface area (Å²) in [6.45, 7) is 9.10. The van der Waals surface area contributed by atoms with Crippen molar-refractivity contribution in [1.82, 2.24) is 5.32 Å². The van der Waals surface area contributed by atoms with Gasteiger partial charge in [-0.15, -0.1) is 0 Å². The van der Waals surface area contributed by atoms with Crippen LogP contribution in [-0.4, -0.2) is 37.9 Å². The van der Waals surface area contributed by atoms with Gasteiger partial charge in [0, 0.05) is 31.2 Å². The Kier molecular flexibility index (Phi) is 4.96. The van der Waals surface area contributed by atoms with E-state index in [0.29, 0.717) is 5.02 Å². The molecule has 0 unspecified atom stereocenters. The third-order valence-electron chi connectivity index (χ3n) is 3.05. The smallest absolute Gasteiger partial charge is 0.412 e. The number of nitrogens with zero attached hydrogens (tertiary/aromatic N) is 1. The highest BCUT2D eigenvalue weighted by Gasteiger charge is 2.19. The molecule has 6 heteroatoms. The topological polar surface area (TPSA) is 53.6 Å². The summed E-state index contributed by atoms with van der Waals surface area (Å²) in [7, 11) is 0. The van der Waals surface area contributed by atoms with E-state index < -0.39 is 11.7 Å². The van der Waals surface area contributed by atoms with Gasteiger partial charge in [0.2, 0.25) is 0 Å². The number of anilines is 2. The second kappa shape index (κ2) is 6.54. The van der Waals surface area contributed by atoms with Crippen LogP contribution >= 0.6 is 11.6 Å². The average molecular weight is 312 g/mol. The molecule has 0 saturated carbocycles. The van der Waals surface area contributed by atoms with Gasteiger partial charge in [0.05, 0.1) is 11.4 Å². The molecule has 1 aliphatic heterocycles. The van der Waals surface area contributed by atoms with Gasteiger partial charge in [-0.05, 0) is 39.0 Å². The molecule has 21 heavy (non-hydrogen) atoms. The number of hydrogen-bond donors (Lipinski definition) is 2. The molecule has 116 valence electrons. The van der Waals surface area contributed by atoms with Gasteiger partial charge in [-0.25, -0.2) is 4.79 Å². The highest BCUT2D eigenvalue weighted by Crippen LogP contribution is 2.30. The number of ether oxygens (including phenoxy) is 1. The second-order valence-corrected chi connectivity index (χ2v) is 6.46. The van der Waals surface area contributed by atoms with Gasteiger partial charge in [0.15, 0.2) is 0 Å². The van der Waals surface area contributed by atoms with E-state index in [1.165, 1.54) is 0 Å². The van der Waals surface area contributed by atoms with Crippen LogP contribution < -0.4 is 15.5 Å². The summed E-state index contributed by atoms with van der Waals surface area (Å²) < 4.78 is 5.30. The summed E-state index contributed by atoms with van der Waals surface area (Å²) in [5, 5.41) is 6.76. The third-order valence-corrected chi connectivity index (χ3v) is 3.29. The summed E-state index contributed by atoms with van der Waals surface area (Å²) in [6.07, 6.45) is -0.457. The molecule has 2 rings (SSSR count). The van der Waals surface area contributed by atoms with Gasteiger partial charge >= 0.3 is 6.09 Å². The Bertz CT molecular complexity index is 508. The lowest BCUT2D eigenvalue weighted by Crippen LogP contribution is -2.43. The maximum absolute atomic E-state index is 12.0. The molecular weight excluding hydrogens is 290 g/mol. The van der Waals surface area contributed by atoms with Gasteiger partial charge in [0.25, 0.3) is 0 Å². The van der Waals surface area contributed by atoms with Crippen molar-refractivity contribution in [3.8, 4) is 0 Å². The molecule has 0 bridgehead atoms.